The van der Waals surface area contributed by atoms with Crippen molar-refractivity contribution in [3.05, 3.63) is 46.0 Å². The molecule has 1 heterocycles. The summed E-state index contributed by atoms with van der Waals surface area (Å²) in [5.41, 5.74) is 0.207. The number of aliphatic hydroxyl groups is 1. The van der Waals surface area contributed by atoms with E-state index < -0.39 is 17.7 Å². The summed E-state index contributed by atoms with van der Waals surface area (Å²) in [6, 6.07) is 3.48. The first-order valence-corrected chi connectivity index (χ1v) is 5.85. The van der Waals surface area contributed by atoms with Gasteiger partial charge in [0.1, 0.15) is 17.7 Å². The fourth-order valence-corrected chi connectivity index (χ4v) is 2.31. The molecule has 0 fully saturated rings. The second-order valence-corrected chi connectivity index (χ2v) is 4.26. The van der Waals surface area contributed by atoms with Gasteiger partial charge in [-0.3, -0.25) is 0 Å². The van der Waals surface area contributed by atoms with Crippen molar-refractivity contribution in [3.63, 3.8) is 0 Å². The number of hydrogen-bond donors (Lipinski definition) is 1. The van der Waals surface area contributed by atoms with Gasteiger partial charge in [-0.25, -0.2) is 8.78 Å². The maximum atomic E-state index is 13.5. The van der Waals surface area contributed by atoms with Gasteiger partial charge < -0.3 is 5.11 Å². The van der Waals surface area contributed by atoms with Gasteiger partial charge in [0.05, 0.1) is 16.1 Å². The van der Waals surface area contributed by atoms with E-state index >= 15 is 0 Å². The molecule has 0 saturated carbocycles. The van der Waals surface area contributed by atoms with Crippen LogP contribution < -0.4 is 0 Å². The second kappa shape index (κ2) is 4.85. The molecule has 0 aliphatic carbocycles. The number of aromatic nitrogens is 2. The Morgan fingerprint density at radius 3 is 2.59 bits per heavy atom. The highest BCUT2D eigenvalue weighted by Gasteiger charge is 2.23. The molecule has 90 valence electrons. The van der Waals surface area contributed by atoms with Gasteiger partial charge in [0, 0.05) is 0 Å². The van der Waals surface area contributed by atoms with Crippen LogP contribution in [0.3, 0.4) is 0 Å². The zero-order valence-electron chi connectivity index (χ0n) is 9.02. The monoisotopic (exact) mass is 256 g/mol. The molecule has 0 aliphatic heterocycles. The van der Waals surface area contributed by atoms with E-state index in [0.29, 0.717) is 17.0 Å². The topological polar surface area (TPSA) is 46.0 Å². The Labute approximate surface area is 101 Å². The molecule has 6 heteroatoms. The minimum atomic E-state index is -1.36. The van der Waals surface area contributed by atoms with Crippen LogP contribution in [0, 0.1) is 11.6 Å². The van der Waals surface area contributed by atoms with Gasteiger partial charge in [-0.05, 0) is 30.1 Å². The van der Waals surface area contributed by atoms with Gasteiger partial charge >= 0.3 is 0 Å². The quantitative estimate of drug-likeness (QED) is 0.917. The van der Waals surface area contributed by atoms with Gasteiger partial charge in [0.2, 0.25) is 0 Å². The third-order valence-electron chi connectivity index (χ3n) is 2.44. The van der Waals surface area contributed by atoms with E-state index in [1.54, 1.807) is 0 Å². The Bertz CT molecular complexity index is 510. The van der Waals surface area contributed by atoms with Crippen molar-refractivity contribution in [2.24, 2.45) is 0 Å². The molecule has 2 rings (SSSR count). The Kier molecular flexibility index (Phi) is 3.44. The normalized spacial score (nSPS) is 12.7. The second-order valence-electron chi connectivity index (χ2n) is 3.48. The van der Waals surface area contributed by atoms with E-state index in [2.05, 4.69) is 9.59 Å². The van der Waals surface area contributed by atoms with Gasteiger partial charge in [-0.2, -0.15) is 0 Å². The van der Waals surface area contributed by atoms with Crippen LogP contribution in [0.25, 0.3) is 0 Å². The smallest absolute Gasteiger partial charge is 0.132 e. The molecule has 1 N–H and O–H groups in total. The molecule has 0 bridgehead atoms. The van der Waals surface area contributed by atoms with Crippen LogP contribution in [-0.4, -0.2) is 14.7 Å². The van der Waals surface area contributed by atoms with Crippen molar-refractivity contribution in [1.82, 2.24) is 9.59 Å². The van der Waals surface area contributed by atoms with E-state index in [-0.39, 0.29) is 5.56 Å². The molecule has 0 spiro atoms. The van der Waals surface area contributed by atoms with Crippen LogP contribution in [0.2, 0.25) is 0 Å². The lowest BCUT2D eigenvalue weighted by Gasteiger charge is -2.11. The zero-order chi connectivity index (χ0) is 12.4. The lowest BCUT2D eigenvalue weighted by atomic mass is 10.0. The first kappa shape index (κ1) is 12.1. The Morgan fingerprint density at radius 1 is 1.35 bits per heavy atom. The molecule has 0 saturated heterocycles. The SMILES string of the molecule is CCc1nnsc1C(O)c1c(F)cccc1F. The van der Waals surface area contributed by atoms with Gasteiger partial charge in [-0.1, -0.05) is 17.5 Å². The zero-order valence-corrected chi connectivity index (χ0v) is 9.84. The lowest BCUT2D eigenvalue weighted by Crippen LogP contribution is -2.06. The van der Waals surface area contributed by atoms with E-state index in [1.165, 1.54) is 6.07 Å². The molecular weight excluding hydrogens is 246 g/mol. The van der Waals surface area contributed by atoms with Crippen molar-refractivity contribution in [3.8, 4) is 0 Å². The fraction of sp³-hybridized carbons (Fsp3) is 0.273. The molecule has 0 amide bonds. The standard InChI is InChI=1S/C11H10F2N2OS/c1-2-8-11(17-15-14-8)10(16)9-6(12)4-3-5-7(9)13/h3-5,10,16H,2H2,1H3. The molecule has 2 aromatic rings. The van der Waals surface area contributed by atoms with Crippen LogP contribution in [0.5, 0.6) is 0 Å². The van der Waals surface area contributed by atoms with Crippen LogP contribution in [-0.2, 0) is 6.42 Å². The minimum Gasteiger partial charge on any atom is -0.382 e. The summed E-state index contributed by atoms with van der Waals surface area (Å²) in [6.07, 6.45) is -0.801. The van der Waals surface area contributed by atoms with E-state index in [9.17, 15) is 13.9 Å². The van der Waals surface area contributed by atoms with Crippen LogP contribution >= 0.6 is 11.5 Å². The molecule has 1 aromatic heterocycles. The Hall–Kier alpha value is -1.40. The fourth-order valence-electron chi connectivity index (χ4n) is 1.57. The van der Waals surface area contributed by atoms with Crippen LogP contribution in [0.4, 0.5) is 8.78 Å². The van der Waals surface area contributed by atoms with E-state index in [1.807, 2.05) is 6.92 Å². The average Bonchev–Trinajstić information content (AvgIpc) is 2.76. The third kappa shape index (κ3) is 2.18. The predicted molar refractivity (Wildman–Crippen MR) is 59.7 cm³/mol. The van der Waals surface area contributed by atoms with Crippen molar-refractivity contribution < 1.29 is 13.9 Å². The van der Waals surface area contributed by atoms with Gasteiger partial charge in [-0.15, -0.1) is 5.10 Å². The molecule has 3 nitrogen and oxygen atoms in total. The molecule has 0 aliphatic rings. The predicted octanol–water partition coefficient (Wildman–Crippen LogP) is 2.46. The highest BCUT2D eigenvalue weighted by atomic mass is 32.1. The minimum absolute atomic E-state index is 0.353. The van der Waals surface area contributed by atoms with E-state index in [4.69, 9.17) is 0 Å². The summed E-state index contributed by atoms with van der Waals surface area (Å²) in [4.78, 5) is 0.386. The molecule has 1 aromatic carbocycles. The van der Waals surface area contributed by atoms with Crippen LogP contribution in [0.1, 0.15) is 29.2 Å². The number of nitrogens with zero attached hydrogens (tertiary/aromatic N) is 2. The summed E-state index contributed by atoms with van der Waals surface area (Å²) in [6.45, 7) is 1.84. The largest absolute Gasteiger partial charge is 0.382 e. The van der Waals surface area contributed by atoms with E-state index in [0.717, 1.165) is 23.7 Å². The molecular formula is C11H10F2N2OS. The first-order chi connectivity index (χ1) is 8.15. The lowest BCUT2D eigenvalue weighted by molar-refractivity contribution is 0.211. The molecule has 17 heavy (non-hydrogen) atoms. The summed E-state index contributed by atoms with van der Waals surface area (Å²) in [7, 11) is 0. The highest BCUT2D eigenvalue weighted by Crippen LogP contribution is 2.30. The van der Waals surface area contributed by atoms with Crippen molar-refractivity contribution >= 4 is 11.5 Å². The van der Waals surface area contributed by atoms with Crippen LogP contribution in [0.15, 0.2) is 18.2 Å². The molecule has 1 unspecified atom stereocenters. The molecule has 1 atom stereocenters. The summed E-state index contributed by atoms with van der Waals surface area (Å²) < 4.78 is 30.7. The number of benzene rings is 1. The maximum absolute atomic E-state index is 13.5. The third-order valence-corrected chi connectivity index (χ3v) is 3.26. The maximum Gasteiger partial charge on any atom is 0.132 e. The number of aliphatic hydroxyl groups excluding tert-OH is 1. The number of aryl methyl sites for hydroxylation is 1. The first-order valence-electron chi connectivity index (χ1n) is 5.08. The Morgan fingerprint density at radius 2 is 2.00 bits per heavy atom. The van der Waals surface area contributed by atoms with Gasteiger partial charge in [0.25, 0.3) is 0 Å². The van der Waals surface area contributed by atoms with Gasteiger partial charge in [0.15, 0.2) is 0 Å². The highest BCUT2D eigenvalue weighted by molar-refractivity contribution is 7.05. The Balaban J connectivity index is 2.47. The average molecular weight is 256 g/mol. The number of rotatable bonds is 3. The van der Waals surface area contributed by atoms with Crippen molar-refractivity contribution in [2.75, 3.05) is 0 Å². The summed E-state index contributed by atoms with van der Waals surface area (Å²) in [5, 5.41) is 13.8. The molecule has 0 radical (unpaired) electrons. The van der Waals surface area contributed by atoms with Crippen molar-refractivity contribution in [2.45, 2.75) is 19.4 Å². The summed E-state index contributed by atoms with van der Waals surface area (Å²) >= 11 is 0.950. The summed E-state index contributed by atoms with van der Waals surface area (Å²) in [5.74, 6) is -1.54. The van der Waals surface area contributed by atoms with Crippen molar-refractivity contribution in [1.29, 1.82) is 0 Å². The number of hydrogen-bond acceptors (Lipinski definition) is 4. The number of halogens is 2.